The summed E-state index contributed by atoms with van der Waals surface area (Å²) in [5.41, 5.74) is 6.65. The monoisotopic (exact) mass is 693 g/mol. The van der Waals surface area contributed by atoms with E-state index in [1.165, 1.54) is 18.2 Å². The fourth-order valence-electron chi connectivity index (χ4n) is 7.08. The molecule has 7 heteroatoms. The van der Waals surface area contributed by atoms with Crippen molar-refractivity contribution in [1.82, 2.24) is 9.55 Å². The summed E-state index contributed by atoms with van der Waals surface area (Å²) in [6.45, 7) is 9.96. The molecule has 51 heavy (non-hydrogen) atoms. The van der Waals surface area contributed by atoms with Crippen molar-refractivity contribution in [1.29, 1.82) is 0 Å². The maximum atomic E-state index is 13.9. The summed E-state index contributed by atoms with van der Waals surface area (Å²) in [7, 11) is 2.03. The minimum atomic E-state index is -4.74. The molecule has 0 aliphatic carbocycles. The van der Waals surface area contributed by atoms with Crippen LogP contribution >= 0.6 is 0 Å². The van der Waals surface area contributed by atoms with Crippen molar-refractivity contribution in [3.8, 4) is 28.2 Å². The summed E-state index contributed by atoms with van der Waals surface area (Å²) in [6.07, 6.45) is -7.40. The van der Waals surface area contributed by atoms with Crippen LogP contribution in [-0.4, -0.2) is 15.7 Å². The molecule has 0 radical (unpaired) electrons. The van der Waals surface area contributed by atoms with Gasteiger partial charge in [0, 0.05) is 34.4 Å². The molecule has 0 fully saturated rings. The molecule has 0 amide bonds. The topological polar surface area (TPSA) is 34.8 Å². The molecule has 7 aromatic rings. The molecule has 0 atom stereocenters. The summed E-state index contributed by atoms with van der Waals surface area (Å²) in [4.78, 5) is 4.43. The Morgan fingerprint density at radius 1 is 0.863 bits per heavy atom. The van der Waals surface area contributed by atoms with Gasteiger partial charge in [0.05, 0.1) is 12.5 Å². The van der Waals surface area contributed by atoms with Crippen LogP contribution < -0.4 is 4.57 Å². The highest BCUT2D eigenvalue weighted by Gasteiger charge is 2.47. The van der Waals surface area contributed by atoms with Crippen molar-refractivity contribution in [3.63, 3.8) is 0 Å². The van der Waals surface area contributed by atoms with Crippen LogP contribution in [0.2, 0.25) is 0 Å². The van der Waals surface area contributed by atoms with Gasteiger partial charge >= 0.3 is 6.18 Å². The Morgan fingerprint density at radius 3 is 2.14 bits per heavy atom. The van der Waals surface area contributed by atoms with Crippen molar-refractivity contribution in [2.24, 2.45) is 12.5 Å². The van der Waals surface area contributed by atoms with Gasteiger partial charge in [-0.1, -0.05) is 90.1 Å². The highest BCUT2D eigenvalue weighted by molar-refractivity contribution is 6.09. The number of aromatic nitrogens is 3. The quantitative estimate of drug-likeness (QED) is 0.156. The average molecular weight is 694 g/mol. The third-order valence-electron chi connectivity index (χ3n) is 9.97. The van der Waals surface area contributed by atoms with Crippen molar-refractivity contribution in [2.45, 2.75) is 79.7 Å². The van der Waals surface area contributed by atoms with Crippen LogP contribution in [0.4, 0.5) is 13.2 Å². The summed E-state index contributed by atoms with van der Waals surface area (Å²) in [6, 6.07) is 26.1. The van der Waals surface area contributed by atoms with E-state index in [-0.39, 0.29) is 28.8 Å². The molecule has 0 saturated heterocycles. The number of furan rings is 1. The lowest BCUT2D eigenvalue weighted by atomic mass is 9.84. The third-order valence-corrected chi connectivity index (χ3v) is 9.97. The van der Waals surface area contributed by atoms with Crippen molar-refractivity contribution < 1.29 is 29.0 Å². The predicted molar refractivity (Wildman–Crippen MR) is 202 cm³/mol. The van der Waals surface area contributed by atoms with Crippen LogP contribution in [0.25, 0.3) is 61.3 Å². The maximum Gasteiger partial charge on any atom is 0.394 e. The highest BCUT2D eigenvalue weighted by atomic mass is 19.4. The molecular weight excluding hydrogens is 643 g/mol. The first kappa shape index (κ1) is 28.8. The molecule has 7 rings (SSSR count). The molecule has 0 saturated carbocycles. The zero-order valence-corrected chi connectivity index (χ0v) is 30.1. The number of nitrogens with zero attached hydrogens (tertiary/aromatic N) is 3. The van der Waals surface area contributed by atoms with Crippen LogP contribution in [0, 0.1) is 19.2 Å². The summed E-state index contributed by atoms with van der Waals surface area (Å²) in [5, 5.41) is 1.53. The SMILES string of the molecule is [2H]C([2H])([2H])c1ccc2c(n1)oc1c(-c3n(-c4c(C(C)C)cc(-c5ccc(C([2H])([2H])C(C)(C)C(F)(F)F)cc5)cc4C(C)C)c4ccccc4[n+]3C)c(C)ccc12. The van der Waals surface area contributed by atoms with E-state index in [0.717, 1.165) is 80.5 Å². The number of hydrogen-bond donors (Lipinski definition) is 0. The van der Waals surface area contributed by atoms with E-state index in [0.29, 0.717) is 5.58 Å². The smallest absolute Gasteiger partial charge is 0.394 e. The van der Waals surface area contributed by atoms with Crippen LogP contribution in [0.1, 0.15) is 88.2 Å². The number of rotatable bonds is 7. The Kier molecular flexibility index (Phi) is 6.99. The van der Waals surface area contributed by atoms with E-state index in [4.69, 9.17) is 11.3 Å². The highest BCUT2D eigenvalue weighted by Crippen LogP contribution is 2.44. The summed E-state index contributed by atoms with van der Waals surface area (Å²) < 4.78 is 93.6. The minimum absolute atomic E-state index is 0.0355. The molecule has 0 N–H and O–H groups in total. The number of hydrogen-bond acceptors (Lipinski definition) is 2. The van der Waals surface area contributed by atoms with Gasteiger partial charge in [0.15, 0.2) is 16.6 Å². The molecule has 0 bridgehead atoms. The second-order valence-corrected chi connectivity index (χ2v) is 14.6. The number of halogens is 3. The number of imidazole rings is 1. The van der Waals surface area contributed by atoms with E-state index in [9.17, 15) is 13.2 Å². The Morgan fingerprint density at radius 2 is 1.51 bits per heavy atom. The lowest BCUT2D eigenvalue weighted by Gasteiger charge is -2.27. The molecule has 262 valence electrons. The number of aryl methyl sites for hydroxylation is 3. The molecule has 0 unspecified atom stereocenters. The number of benzene rings is 4. The first-order valence-corrected chi connectivity index (χ1v) is 17.2. The van der Waals surface area contributed by atoms with Crippen molar-refractivity contribution >= 4 is 33.1 Å². The zero-order chi connectivity index (χ0) is 40.9. The standard InChI is InChI=1S/C44H45F3N3O/c1-25(2)34-22-31(30-18-16-29(17-19-30)24-43(7,8)44(45,46)47)23-35(26(3)4)39(34)50-37-13-11-10-12-36(37)49(9)42(50)38-27(5)14-20-32-33-21-15-28(6)48-41(33)51-40(32)38/h10-23,25-26H,24H2,1-9H3/q+1/i6D3,24D2. The van der Waals surface area contributed by atoms with E-state index < -0.39 is 24.8 Å². The van der Waals surface area contributed by atoms with Crippen LogP contribution in [0.5, 0.6) is 0 Å². The molecule has 4 nitrogen and oxygen atoms in total. The van der Waals surface area contributed by atoms with Gasteiger partial charge in [-0.3, -0.25) is 0 Å². The minimum Gasteiger partial charge on any atom is -0.437 e. The average Bonchev–Trinajstić information content (AvgIpc) is 3.64. The van der Waals surface area contributed by atoms with Crippen molar-refractivity contribution in [3.05, 3.63) is 113 Å². The Labute approximate surface area is 304 Å². The molecular formula is C44H45F3N3O+. The van der Waals surface area contributed by atoms with E-state index in [1.807, 2.05) is 38.2 Å². The second-order valence-electron chi connectivity index (χ2n) is 14.6. The molecule has 3 aromatic heterocycles. The van der Waals surface area contributed by atoms with Gasteiger partial charge in [0.1, 0.15) is 11.3 Å². The van der Waals surface area contributed by atoms with Gasteiger partial charge in [0.2, 0.25) is 5.71 Å². The molecule has 0 spiro atoms. The van der Waals surface area contributed by atoms with Crippen LogP contribution in [-0.2, 0) is 13.4 Å². The molecule has 0 aliphatic heterocycles. The van der Waals surface area contributed by atoms with E-state index in [2.05, 4.69) is 66.1 Å². The second kappa shape index (κ2) is 12.4. The largest absolute Gasteiger partial charge is 0.437 e. The van der Waals surface area contributed by atoms with Gasteiger partial charge in [-0.2, -0.15) is 17.7 Å². The van der Waals surface area contributed by atoms with E-state index >= 15 is 0 Å². The zero-order valence-electron chi connectivity index (χ0n) is 35.1. The Balaban J connectivity index is 1.49. The van der Waals surface area contributed by atoms with Crippen LogP contribution in [0.15, 0.2) is 89.3 Å². The van der Waals surface area contributed by atoms with Gasteiger partial charge < -0.3 is 4.42 Å². The van der Waals surface area contributed by atoms with Crippen LogP contribution in [0.3, 0.4) is 0 Å². The van der Waals surface area contributed by atoms with Gasteiger partial charge in [-0.25, -0.2) is 9.55 Å². The summed E-state index contributed by atoms with van der Waals surface area (Å²) >= 11 is 0. The van der Waals surface area contributed by atoms with Gasteiger partial charge in [-0.05, 0) is 90.6 Å². The first-order valence-electron chi connectivity index (χ1n) is 19.7. The Bertz CT molecular complexity index is 2620. The first-order chi connectivity index (χ1) is 26.1. The fraction of sp³-hybridized carbons (Fsp3) is 0.318. The number of alkyl halides is 3. The molecule has 4 aromatic carbocycles. The lowest BCUT2D eigenvalue weighted by Crippen LogP contribution is -2.34. The summed E-state index contributed by atoms with van der Waals surface area (Å²) in [5.74, 6) is 0.932. The Hall–Kier alpha value is -4.91. The van der Waals surface area contributed by atoms with Gasteiger partial charge in [-0.15, -0.1) is 0 Å². The van der Waals surface area contributed by atoms with Gasteiger partial charge in [0.25, 0.3) is 5.82 Å². The third kappa shape index (κ3) is 5.81. The normalized spacial score (nSPS) is 14.7. The molecule has 0 aliphatic rings. The lowest BCUT2D eigenvalue weighted by molar-refractivity contribution is -0.633. The number of para-hydroxylation sites is 2. The number of fused-ring (bicyclic) bond motifs is 4. The van der Waals surface area contributed by atoms with E-state index in [1.54, 1.807) is 18.2 Å². The molecule has 3 heterocycles. The van der Waals surface area contributed by atoms with Crippen molar-refractivity contribution in [2.75, 3.05) is 0 Å². The predicted octanol–water partition coefficient (Wildman–Crippen LogP) is 12.1. The fourth-order valence-corrected chi connectivity index (χ4v) is 7.08. The number of pyridine rings is 1. The maximum absolute atomic E-state index is 13.9.